The number of nitrogen functional groups attached to an aromatic ring is 1. The second kappa shape index (κ2) is 5.59. The van der Waals surface area contributed by atoms with Gasteiger partial charge in [0.25, 0.3) is 0 Å². The van der Waals surface area contributed by atoms with Crippen LogP contribution in [0.5, 0.6) is 0 Å². The number of benzene rings is 1. The number of anilines is 1. The molecule has 4 nitrogen and oxygen atoms in total. The van der Waals surface area contributed by atoms with Crippen LogP contribution >= 0.6 is 15.9 Å². The monoisotopic (exact) mass is 334 g/mol. The molecular formula is C12H19BrN2O2S. The first-order valence-corrected chi connectivity index (χ1v) is 7.94. The Labute approximate surface area is 117 Å². The van der Waals surface area contributed by atoms with Crippen LogP contribution in [0.15, 0.2) is 27.6 Å². The zero-order valence-corrected chi connectivity index (χ0v) is 13.4. The Bertz CT molecular complexity index is 529. The van der Waals surface area contributed by atoms with E-state index in [1.165, 1.54) is 10.4 Å². The van der Waals surface area contributed by atoms with Crippen molar-refractivity contribution in [3.05, 3.63) is 22.7 Å². The van der Waals surface area contributed by atoms with Crippen LogP contribution in [0, 0.1) is 5.92 Å². The molecule has 0 saturated heterocycles. The molecule has 0 aliphatic carbocycles. The number of sulfonamides is 1. The summed E-state index contributed by atoms with van der Waals surface area (Å²) in [4.78, 5) is 0.221. The molecule has 102 valence electrons. The Morgan fingerprint density at radius 1 is 1.28 bits per heavy atom. The molecule has 0 aliphatic rings. The lowest BCUT2D eigenvalue weighted by molar-refractivity contribution is 0.316. The quantitative estimate of drug-likeness (QED) is 0.861. The summed E-state index contributed by atoms with van der Waals surface area (Å²) in [6.45, 7) is 5.88. The number of rotatable bonds is 4. The summed E-state index contributed by atoms with van der Waals surface area (Å²) < 4.78 is 26.9. The minimum atomic E-state index is -3.49. The first kappa shape index (κ1) is 15.5. The Morgan fingerprint density at radius 2 is 1.83 bits per heavy atom. The number of hydrogen-bond donors (Lipinski definition) is 1. The SMILES string of the molecule is CC(C)C(C)N(C)S(=O)(=O)c1ccc(Br)c(N)c1. The van der Waals surface area contributed by atoms with Crippen LogP contribution in [0.3, 0.4) is 0 Å². The molecule has 1 atom stereocenters. The third-order valence-corrected chi connectivity index (χ3v) is 5.85. The molecule has 1 aromatic rings. The van der Waals surface area contributed by atoms with E-state index in [0.717, 1.165) is 0 Å². The van der Waals surface area contributed by atoms with Gasteiger partial charge in [-0.2, -0.15) is 4.31 Å². The highest BCUT2D eigenvalue weighted by atomic mass is 79.9. The summed E-state index contributed by atoms with van der Waals surface area (Å²) in [5, 5.41) is 0. The third kappa shape index (κ3) is 3.05. The van der Waals surface area contributed by atoms with Crippen LogP contribution < -0.4 is 5.73 Å². The van der Waals surface area contributed by atoms with Gasteiger partial charge in [0.15, 0.2) is 0 Å². The number of nitrogens with zero attached hydrogens (tertiary/aromatic N) is 1. The van der Waals surface area contributed by atoms with E-state index in [0.29, 0.717) is 10.2 Å². The molecule has 0 spiro atoms. The van der Waals surface area contributed by atoms with E-state index >= 15 is 0 Å². The molecule has 1 unspecified atom stereocenters. The molecule has 6 heteroatoms. The average molecular weight is 335 g/mol. The van der Waals surface area contributed by atoms with Gasteiger partial charge in [0.05, 0.1) is 4.90 Å². The van der Waals surface area contributed by atoms with Gasteiger partial charge in [-0.25, -0.2) is 8.42 Å². The van der Waals surface area contributed by atoms with E-state index in [2.05, 4.69) is 15.9 Å². The smallest absolute Gasteiger partial charge is 0.243 e. The first-order valence-electron chi connectivity index (χ1n) is 5.71. The highest BCUT2D eigenvalue weighted by molar-refractivity contribution is 9.10. The van der Waals surface area contributed by atoms with Gasteiger partial charge in [-0.05, 0) is 47.0 Å². The number of nitrogens with two attached hydrogens (primary N) is 1. The lowest BCUT2D eigenvalue weighted by atomic mass is 10.1. The average Bonchev–Trinajstić information content (AvgIpc) is 2.30. The van der Waals surface area contributed by atoms with Crippen LogP contribution in [0.25, 0.3) is 0 Å². The molecule has 0 amide bonds. The summed E-state index contributed by atoms with van der Waals surface area (Å²) in [6.07, 6.45) is 0. The fraction of sp³-hybridized carbons (Fsp3) is 0.500. The van der Waals surface area contributed by atoms with Crippen molar-refractivity contribution in [1.82, 2.24) is 4.31 Å². The van der Waals surface area contributed by atoms with Crippen molar-refractivity contribution in [2.24, 2.45) is 5.92 Å². The van der Waals surface area contributed by atoms with E-state index in [1.807, 2.05) is 20.8 Å². The van der Waals surface area contributed by atoms with Crippen LogP contribution in [-0.4, -0.2) is 25.8 Å². The van der Waals surface area contributed by atoms with Crippen molar-refractivity contribution in [2.75, 3.05) is 12.8 Å². The van der Waals surface area contributed by atoms with Crippen LogP contribution in [-0.2, 0) is 10.0 Å². The van der Waals surface area contributed by atoms with E-state index in [9.17, 15) is 8.42 Å². The molecule has 18 heavy (non-hydrogen) atoms. The third-order valence-electron chi connectivity index (χ3n) is 3.18. The molecule has 0 saturated carbocycles. The van der Waals surface area contributed by atoms with Gasteiger partial charge in [-0.3, -0.25) is 0 Å². The summed E-state index contributed by atoms with van der Waals surface area (Å²) in [6, 6.07) is 4.61. The maximum absolute atomic E-state index is 12.4. The molecule has 0 heterocycles. The van der Waals surface area contributed by atoms with E-state index in [4.69, 9.17) is 5.73 Å². The van der Waals surface area contributed by atoms with Gasteiger partial charge < -0.3 is 5.73 Å². The second-order valence-electron chi connectivity index (χ2n) is 4.69. The molecule has 0 bridgehead atoms. The zero-order chi connectivity index (χ0) is 14.1. The van der Waals surface area contributed by atoms with Crippen LogP contribution in [0.1, 0.15) is 20.8 Å². The lowest BCUT2D eigenvalue weighted by Crippen LogP contribution is -2.38. The number of halogens is 1. The van der Waals surface area contributed by atoms with Crippen molar-refractivity contribution in [2.45, 2.75) is 31.7 Å². The van der Waals surface area contributed by atoms with Gasteiger partial charge in [0.2, 0.25) is 10.0 Å². The molecule has 1 aromatic carbocycles. The molecule has 0 aromatic heterocycles. The highest BCUT2D eigenvalue weighted by Gasteiger charge is 2.27. The van der Waals surface area contributed by atoms with Gasteiger partial charge in [0.1, 0.15) is 0 Å². The van der Waals surface area contributed by atoms with Gasteiger partial charge in [0, 0.05) is 23.2 Å². The summed E-state index contributed by atoms with van der Waals surface area (Å²) in [7, 11) is -1.89. The van der Waals surface area contributed by atoms with Gasteiger partial charge in [-0.1, -0.05) is 13.8 Å². The Morgan fingerprint density at radius 3 is 2.28 bits per heavy atom. The molecule has 0 fully saturated rings. The molecule has 1 rings (SSSR count). The fourth-order valence-corrected chi connectivity index (χ4v) is 3.26. The van der Waals surface area contributed by atoms with Crippen molar-refractivity contribution >= 4 is 31.6 Å². The Hall–Kier alpha value is -0.590. The predicted octanol–water partition coefficient (Wildman–Crippen LogP) is 2.70. The van der Waals surface area contributed by atoms with Crippen molar-refractivity contribution < 1.29 is 8.42 Å². The molecule has 0 radical (unpaired) electrons. The summed E-state index contributed by atoms with van der Waals surface area (Å²) in [5.41, 5.74) is 6.14. The minimum Gasteiger partial charge on any atom is -0.398 e. The van der Waals surface area contributed by atoms with Crippen LogP contribution in [0.4, 0.5) is 5.69 Å². The Kier molecular flexibility index (Phi) is 4.80. The van der Waals surface area contributed by atoms with E-state index in [1.54, 1.807) is 19.2 Å². The predicted molar refractivity (Wildman–Crippen MR) is 77.8 cm³/mol. The van der Waals surface area contributed by atoms with Crippen LogP contribution in [0.2, 0.25) is 0 Å². The second-order valence-corrected chi connectivity index (χ2v) is 7.54. The van der Waals surface area contributed by atoms with Gasteiger partial charge in [-0.15, -0.1) is 0 Å². The fourth-order valence-electron chi connectivity index (χ4n) is 1.49. The lowest BCUT2D eigenvalue weighted by Gasteiger charge is -2.27. The molecule has 2 N–H and O–H groups in total. The number of hydrogen-bond acceptors (Lipinski definition) is 3. The highest BCUT2D eigenvalue weighted by Crippen LogP contribution is 2.26. The molecular weight excluding hydrogens is 316 g/mol. The maximum Gasteiger partial charge on any atom is 0.243 e. The normalized spacial score (nSPS) is 14.2. The topological polar surface area (TPSA) is 63.4 Å². The standard InChI is InChI=1S/C12H19BrN2O2S/c1-8(2)9(3)15(4)18(16,17)10-5-6-11(13)12(14)7-10/h5-9H,14H2,1-4H3. The van der Waals surface area contributed by atoms with Gasteiger partial charge >= 0.3 is 0 Å². The largest absolute Gasteiger partial charge is 0.398 e. The molecule has 0 aliphatic heterocycles. The van der Waals surface area contributed by atoms with Crippen molar-refractivity contribution in [3.8, 4) is 0 Å². The van der Waals surface area contributed by atoms with E-state index in [-0.39, 0.29) is 16.9 Å². The first-order chi connectivity index (χ1) is 8.17. The Balaban J connectivity index is 3.17. The van der Waals surface area contributed by atoms with Crippen molar-refractivity contribution in [1.29, 1.82) is 0 Å². The maximum atomic E-state index is 12.4. The minimum absolute atomic E-state index is 0.0696. The summed E-state index contributed by atoms with van der Waals surface area (Å²) in [5.74, 6) is 0.248. The summed E-state index contributed by atoms with van der Waals surface area (Å²) >= 11 is 3.25. The van der Waals surface area contributed by atoms with E-state index < -0.39 is 10.0 Å². The van der Waals surface area contributed by atoms with Crippen molar-refractivity contribution in [3.63, 3.8) is 0 Å². The zero-order valence-electron chi connectivity index (χ0n) is 11.0.